The Morgan fingerprint density at radius 2 is 1.90 bits per heavy atom. The third-order valence-corrected chi connectivity index (χ3v) is 5.46. The second kappa shape index (κ2) is 6.70. The summed E-state index contributed by atoms with van der Waals surface area (Å²) in [5.41, 5.74) is 8.35. The fourth-order valence-electron chi connectivity index (χ4n) is 1.96. The molecule has 2 rings (SSSR count). The quantitative estimate of drug-likeness (QED) is 0.851. The van der Waals surface area contributed by atoms with Crippen LogP contribution in [0.15, 0.2) is 51.8 Å². The Morgan fingerprint density at radius 1 is 1.14 bits per heavy atom. The lowest BCUT2D eigenvalue weighted by atomic mass is 10.1. The first-order valence-electron chi connectivity index (χ1n) is 6.46. The summed E-state index contributed by atoms with van der Waals surface area (Å²) >= 11 is 3.27. The zero-order valence-corrected chi connectivity index (χ0v) is 14.0. The van der Waals surface area contributed by atoms with Gasteiger partial charge in [-0.15, -0.1) is 0 Å². The van der Waals surface area contributed by atoms with E-state index >= 15 is 0 Å². The van der Waals surface area contributed by atoms with Gasteiger partial charge >= 0.3 is 0 Å². The molecule has 112 valence electrons. The van der Waals surface area contributed by atoms with Gasteiger partial charge in [0.05, 0.1) is 4.90 Å². The average molecular weight is 369 g/mol. The number of rotatable bonds is 5. The van der Waals surface area contributed by atoms with Crippen LogP contribution in [0.3, 0.4) is 0 Å². The Kier molecular flexibility index (Phi) is 5.16. The number of nitrogens with two attached hydrogens (primary N) is 1. The second-order valence-corrected chi connectivity index (χ2v) is 7.37. The normalized spacial score (nSPS) is 11.6. The maximum atomic E-state index is 12.4. The van der Waals surface area contributed by atoms with Crippen molar-refractivity contribution in [2.24, 2.45) is 5.73 Å². The highest BCUT2D eigenvalue weighted by Gasteiger charge is 2.17. The molecule has 0 unspecified atom stereocenters. The molecule has 0 heterocycles. The molecule has 6 heteroatoms. The van der Waals surface area contributed by atoms with E-state index in [1.54, 1.807) is 18.2 Å². The smallest absolute Gasteiger partial charge is 0.242 e. The van der Waals surface area contributed by atoms with Crippen molar-refractivity contribution >= 4 is 26.0 Å². The maximum Gasteiger partial charge on any atom is 0.242 e. The van der Waals surface area contributed by atoms with E-state index < -0.39 is 10.0 Å². The standard InChI is InChI=1S/C15H17BrN2O2S/c1-11-3-2-4-13(7-11)10-18-21(19,20)15-8-12(9-17)5-6-14(15)16/h2-8,18H,9-10,17H2,1H3. The minimum absolute atomic E-state index is 0.207. The molecule has 0 aliphatic rings. The van der Waals surface area contributed by atoms with Crippen LogP contribution in [0, 0.1) is 6.92 Å². The van der Waals surface area contributed by atoms with Gasteiger partial charge in [-0.05, 0) is 46.1 Å². The fraction of sp³-hybridized carbons (Fsp3) is 0.200. The number of aryl methyl sites for hydroxylation is 1. The lowest BCUT2D eigenvalue weighted by Crippen LogP contribution is -2.24. The molecule has 0 saturated carbocycles. The molecule has 2 aromatic carbocycles. The van der Waals surface area contributed by atoms with Gasteiger partial charge in [0.15, 0.2) is 0 Å². The molecule has 0 aromatic heterocycles. The molecule has 2 aromatic rings. The second-order valence-electron chi connectivity index (χ2n) is 4.78. The molecule has 21 heavy (non-hydrogen) atoms. The van der Waals surface area contributed by atoms with Gasteiger partial charge in [-0.2, -0.15) is 0 Å². The predicted octanol–water partition coefficient (Wildman–Crippen LogP) is 2.69. The van der Waals surface area contributed by atoms with Crippen LogP contribution in [0.25, 0.3) is 0 Å². The molecule has 0 fully saturated rings. The highest BCUT2D eigenvalue weighted by atomic mass is 79.9. The van der Waals surface area contributed by atoms with Crippen molar-refractivity contribution in [3.8, 4) is 0 Å². The summed E-state index contributed by atoms with van der Waals surface area (Å²) in [6.07, 6.45) is 0. The summed E-state index contributed by atoms with van der Waals surface area (Å²) in [6.45, 7) is 2.52. The highest BCUT2D eigenvalue weighted by Crippen LogP contribution is 2.23. The first-order valence-corrected chi connectivity index (χ1v) is 8.74. The first kappa shape index (κ1) is 16.2. The Hall–Kier alpha value is -1.21. The van der Waals surface area contributed by atoms with Crippen LogP contribution in [0.2, 0.25) is 0 Å². The number of hydrogen-bond acceptors (Lipinski definition) is 3. The van der Waals surface area contributed by atoms with Crippen LogP contribution < -0.4 is 10.5 Å². The molecule has 0 aliphatic heterocycles. The van der Waals surface area contributed by atoms with Crippen LogP contribution >= 0.6 is 15.9 Å². The molecule has 0 radical (unpaired) electrons. The van der Waals surface area contributed by atoms with E-state index in [2.05, 4.69) is 20.7 Å². The number of sulfonamides is 1. The Morgan fingerprint density at radius 3 is 2.57 bits per heavy atom. The van der Waals surface area contributed by atoms with Crippen LogP contribution in [-0.4, -0.2) is 8.42 Å². The van der Waals surface area contributed by atoms with Crippen molar-refractivity contribution in [1.82, 2.24) is 4.72 Å². The van der Waals surface area contributed by atoms with Crippen molar-refractivity contribution in [2.45, 2.75) is 24.9 Å². The number of nitrogens with one attached hydrogen (secondary N) is 1. The zero-order chi connectivity index (χ0) is 15.5. The molecular formula is C15H17BrN2O2S. The lowest BCUT2D eigenvalue weighted by molar-refractivity contribution is 0.580. The Bertz CT molecular complexity index is 745. The molecule has 0 bridgehead atoms. The zero-order valence-electron chi connectivity index (χ0n) is 11.6. The summed E-state index contributed by atoms with van der Waals surface area (Å²) in [7, 11) is -3.59. The van der Waals surface area contributed by atoms with Crippen molar-refractivity contribution in [3.63, 3.8) is 0 Å². The van der Waals surface area contributed by atoms with Gasteiger partial charge in [-0.25, -0.2) is 13.1 Å². The van der Waals surface area contributed by atoms with Crippen LogP contribution in [0.5, 0.6) is 0 Å². The van der Waals surface area contributed by atoms with Gasteiger partial charge in [0.25, 0.3) is 0 Å². The fourth-order valence-corrected chi connectivity index (χ4v) is 3.99. The van der Waals surface area contributed by atoms with E-state index in [9.17, 15) is 8.42 Å². The lowest BCUT2D eigenvalue weighted by Gasteiger charge is -2.10. The Labute approximate surface area is 133 Å². The topological polar surface area (TPSA) is 72.2 Å². The van der Waals surface area contributed by atoms with Crippen LogP contribution in [0.4, 0.5) is 0 Å². The van der Waals surface area contributed by atoms with Crippen molar-refractivity contribution in [3.05, 3.63) is 63.6 Å². The van der Waals surface area contributed by atoms with Gasteiger partial charge in [-0.1, -0.05) is 35.9 Å². The van der Waals surface area contributed by atoms with E-state index in [0.717, 1.165) is 16.7 Å². The van der Waals surface area contributed by atoms with E-state index in [0.29, 0.717) is 11.0 Å². The molecule has 3 N–H and O–H groups in total. The van der Waals surface area contributed by atoms with E-state index in [4.69, 9.17) is 5.73 Å². The number of halogens is 1. The van der Waals surface area contributed by atoms with E-state index in [1.807, 2.05) is 31.2 Å². The minimum Gasteiger partial charge on any atom is -0.326 e. The third kappa shape index (κ3) is 4.14. The average Bonchev–Trinajstić information content (AvgIpc) is 2.46. The first-order chi connectivity index (χ1) is 9.92. The Balaban J connectivity index is 2.22. The molecule has 0 amide bonds. The summed E-state index contributed by atoms with van der Waals surface area (Å²) in [6, 6.07) is 12.8. The maximum absolute atomic E-state index is 12.4. The monoisotopic (exact) mass is 368 g/mol. The SMILES string of the molecule is Cc1cccc(CNS(=O)(=O)c2cc(CN)ccc2Br)c1. The minimum atomic E-state index is -3.59. The van der Waals surface area contributed by atoms with Crippen molar-refractivity contribution in [2.75, 3.05) is 0 Å². The van der Waals surface area contributed by atoms with Gasteiger partial charge in [0.2, 0.25) is 10.0 Å². The van der Waals surface area contributed by atoms with Gasteiger partial charge in [0, 0.05) is 17.6 Å². The van der Waals surface area contributed by atoms with Crippen molar-refractivity contribution in [1.29, 1.82) is 0 Å². The number of hydrogen-bond donors (Lipinski definition) is 2. The summed E-state index contributed by atoms with van der Waals surface area (Å²) in [4.78, 5) is 0.207. The molecule has 0 spiro atoms. The van der Waals surface area contributed by atoms with Crippen LogP contribution in [-0.2, 0) is 23.1 Å². The summed E-state index contributed by atoms with van der Waals surface area (Å²) in [5.74, 6) is 0. The summed E-state index contributed by atoms with van der Waals surface area (Å²) in [5, 5.41) is 0. The van der Waals surface area contributed by atoms with E-state index in [1.165, 1.54) is 0 Å². The summed E-state index contributed by atoms with van der Waals surface area (Å²) < 4.78 is 27.9. The van der Waals surface area contributed by atoms with Crippen LogP contribution in [0.1, 0.15) is 16.7 Å². The van der Waals surface area contributed by atoms with E-state index in [-0.39, 0.29) is 11.4 Å². The van der Waals surface area contributed by atoms with Gasteiger partial charge < -0.3 is 5.73 Å². The molecule has 0 aliphatic carbocycles. The largest absolute Gasteiger partial charge is 0.326 e. The molecule has 4 nitrogen and oxygen atoms in total. The predicted molar refractivity (Wildman–Crippen MR) is 87.2 cm³/mol. The molecule has 0 atom stereocenters. The molecular weight excluding hydrogens is 352 g/mol. The van der Waals surface area contributed by atoms with Gasteiger partial charge in [0.1, 0.15) is 0 Å². The van der Waals surface area contributed by atoms with Gasteiger partial charge in [-0.3, -0.25) is 0 Å². The highest BCUT2D eigenvalue weighted by molar-refractivity contribution is 9.10. The number of benzene rings is 2. The molecule has 0 saturated heterocycles. The third-order valence-electron chi connectivity index (χ3n) is 3.07. The van der Waals surface area contributed by atoms with Crippen molar-refractivity contribution < 1.29 is 8.42 Å².